The van der Waals surface area contributed by atoms with E-state index in [0.29, 0.717) is 11.1 Å². The van der Waals surface area contributed by atoms with Crippen LogP contribution in [0.5, 0.6) is 11.5 Å². The third-order valence-electron chi connectivity index (χ3n) is 12.8. The molecule has 0 aromatic heterocycles. The molecular weight excluding hydrogens is 1040 g/mol. The Kier molecular flexibility index (Phi) is 20.4. The number of phenols is 2. The summed E-state index contributed by atoms with van der Waals surface area (Å²) in [7, 11) is 0. The Labute approximate surface area is 443 Å². The molecule has 4 fully saturated rings. The van der Waals surface area contributed by atoms with Crippen LogP contribution in [-0.2, 0) is 66.5 Å². The Morgan fingerprint density at radius 1 is 0.538 bits per heavy atom. The van der Waals surface area contributed by atoms with Gasteiger partial charge >= 0.3 is 23.9 Å². The molecule has 3 aromatic carbocycles. The molecule has 3 aromatic rings. The van der Waals surface area contributed by atoms with Crippen molar-refractivity contribution < 1.29 is 133 Å². The topological polar surface area (TPSA) is 413 Å². The number of ether oxygens (including phenoxy) is 11. The number of aliphatic hydroxyl groups excluding tert-OH is 10. The van der Waals surface area contributed by atoms with Gasteiger partial charge in [0.2, 0.25) is 5.79 Å². The third-order valence-corrected chi connectivity index (χ3v) is 12.8. The van der Waals surface area contributed by atoms with Crippen molar-refractivity contribution >= 4 is 36.0 Å². The van der Waals surface area contributed by atoms with Gasteiger partial charge in [0.1, 0.15) is 104 Å². The van der Waals surface area contributed by atoms with Crippen molar-refractivity contribution in [1.29, 1.82) is 0 Å². The molecule has 4 heterocycles. The van der Waals surface area contributed by atoms with E-state index in [2.05, 4.69) is 0 Å². The number of benzene rings is 3. The molecule has 0 amide bonds. The molecule has 12 N–H and O–H groups in total. The molecule has 0 bridgehead atoms. The smallest absolute Gasteiger partial charge is 0.338 e. The molecule has 19 atom stereocenters. The van der Waals surface area contributed by atoms with Crippen LogP contribution in [0.1, 0.15) is 28.4 Å². The minimum atomic E-state index is -2.88. The van der Waals surface area contributed by atoms with Gasteiger partial charge in [-0.2, -0.15) is 0 Å². The molecule has 27 heteroatoms. The summed E-state index contributed by atoms with van der Waals surface area (Å²) >= 11 is 0. The predicted molar refractivity (Wildman–Crippen MR) is 255 cm³/mol. The Bertz CT molecular complexity index is 2510. The first kappa shape index (κ1) is 59.6. The Morgan fingerprint density at radius 2 is 1.05 bits per heavy atom. The third kappa shape index (κ3) is 14.2. The number of esters is 4. The molecule has 0 saturated carbocycles. The van der Waals surface area contributed by atoms with Crippen LogP contribution in [0.2, 0.25) is 0 Å². The van der Waals surface area contributed by atoms with Crippen molar-refractivity contribution in [2.75, 3.05) is 33.0 Å². The standard InChI is InChI=1S/C51H60O27/c1-24(55)68-22-33-37(61)40(64)42(66)49(72-33)74-44-43(73-35(59)18-12-26-9-15-29(57)16-10-26)32(21-54)71-50(45(44)75-48-41(65)39(63)36(60)30(19-52)70-48)78-51(23-69-34(58)17-11-25-7-13-28(56)14-8-25)46(38(62)31(20-53)77-51)76-47(67)27-5-3-2-4-6-27/h2-18,30-33,36-46,48-50,52-54,56-57,60-66H,19-23H2,1H3/b17-11+,18-12+/t30-,31-,32-,33-,36-,37-,38-,39+,40+,41-,42-,43-,44+,45-,46+,48+,49+,50-,51+/m1/s1. The molecule has 4 aliphatic rings. The first-order valence-corrected chi connectivity index (χ1v) is 24.2. The van der Waals surface area contributed by atoms with Crippen molar-refractivity contribution in [2.24, 2.45) is 0 Å². The first-order valence-electron chi connectivity index (χ1n) is 24.2. The molecule has 0 radical (unpaired) electrons. The average molecular weight is 1110 g/mol. The number of carbonyl (C=O) groups is 4. The second-order valence-corrected chi connectivity index (χ2v) is 18.3. The lowest BCUT2D eigenvalue weighted by molar-refractivity contribution is -0.421. The fraction of sp³-hybridized carbons (Fsp3) is 0.490. The van der Waals surface area contributed by atoms with Gasteiger partial charge in [-0.1, -0.05) is 42.5 Å². The molecule has 426 valence electrons. The van der Waals surface area contributed by atoms with E-state index in [1.54, 1.807) is 6.07 Å². The Morgan fingerprint density at radius 3 is 1.60 bits per heavy atom. The molecule has 7 rings (SSSR count). The van der Waals surface area contributed by atoms with Crippen molar-refractivity contribution in [3.8, 4) is 11.5 Å². The fourth-order valence-corrected chi connectivity index (χ4v) is 8.66. The highest BCUT2D eigenvalue weighted by atomic mass is 16.8. The molecule has 78 heavy (non-hydrogen) atoms. The SMILES string of the molecule is CC(=O)OC[C@H]1O[C@@H](O[C@@H]2[C@@H](O[C@@H]3O[C@H](CO)[C@@H](O)[C@H](O)[C@H]3O)[C@@H](O[C@]3(COC(=O)/C=C/c4ccc(O)cc4)O[C@H](CO)[C@@H](O)[C@@H]3OC(=O)c3ccccc3)O[C@H](CO)[C@H]2OC(=O)/C=C/c2ccc(O)cc2)[C@H](O)[C@@H](O)[C@@H]1O. The lowest BCUT2D eigenvalue weighted by Gasteiger charge is -2.50. The predicted octanol–water partition coefficient (Wildman–Crippen LogP) is -3.37. The summed E-state index contributed by atoms with van der Waals surface area (Å²) in [6.45, 7) is -4.11. The van der Waals surface area contributed by atoms with E-state index in [1.165, 1.54) is 84.9 Å². The normalized spacial score (nSPS) is 35.1. The van der Waals surface area contributed by atoms with Gasteiger partial charge in [-0.15, -0.1) is 0 Å². The van der Waals surface area contributed by atoms with Gasteiger partial charge in [0.15, 0.2) is 31.1 Å². The van der Waals surface area contributed by atoms with Crippen molar-refractivity contribution in [1.82, 2.24) is 0 Å². The van der Waals surface area contributed by atoms with E-state index in [-0.39, 0.29) is 17.1 Å². The van der Waals surface area contributed by atoms with Crippen LogP contribution in [0.15, 0.2) is 91.0 Å². The molecule has 27 nitrogen and oxygen atoms in total. The molecule has 4 saturated heterocycles. The zero-order chi connectivity index (χ0) is 56.4. The van der Waals surface area contributed by atoms with Crippen LogP contribution in [0, 0.1) is 0 Å². The van der Waals surface area contributed by atoms with Crippen molar-refractivity contribution in [2.45, 2.75) is 123 Å². The number of aliphatic hydroxyl groups is 10. The van der Waals surface area contributed by atoms with Crippen molar-refractivity contribution in [3.63, 3.8) is 0 Å². The molecule has 4 aliphatic heterocycles. The summed E-state index contributed by atoms with van der Waals surface area (Å²) < 4.78 is 65.2. The Hall–Kier alpha value is -6.06. The summed E-state index contributed by atoms with van der Waals surface area (Å²) in [5.74, 6) is -7.41. The zero-order valence-corrected chi connectivity index (χ0v) is 41.2. The summed E-state index contributed by atoms with van der Waals surface area (Å²) in [4.78, 5) is 53.1. The maximum Gasteiger partial charge on any atom is 0.338 e. The highest BCUT2D eigenvalue weighted by Crippen LogP contribution is 2.42. The van der Waals surface area contributed by atoms with Crippen LogP contribution < -0.4 is 0 Å². The number of rotatable bonds is 20. The van der Waals surface area contributed by atoms with Gasteiger partial charge in [-0.25, -0.2) is 14.4 Å². The van der Waals surface area contributed by atoms with E-state index < -0.39 is 173 Å². The number of hydrogen-bond acceptors (Lipinski definition) is 27. The van der Waals surface area contributed by atoms with Gasteiger partial charge in [-0.05, 0) is 59.7 Å². The van der Waals surface area contributed by atoms with Gasteiger partial charge in [-0.3, -0.25) is 4.79 Å². The van der Waals surface area contributed by atoms with E-state index in [9.17, 15) is 80.5 Å². The lowest BCUT2D eigenvalue weighted by Crippen LogP contribution is -2.69. The van der Waals surface area contributed by atoms with Gasteiger partial charge in [0.25, 0.3) is 0 Å². The molecule has 0 unspecified atom stereocenters. The van der Waals surface area contributed by atoms with Crippen LogP contribution >= 0.6 is 0 Å². The second kappa shape index (κ2) is 26.7. The van der Waals surface area contributed by atoms with E-state index in [4.69, 9.17) is 52.1 Å². The van der Waals surface area contributed by atoms with E-state index in [0.717, 1.165) is 19.1 Å². The summed E-state index contributed by atoms with van der Waals surface area (Å²) in [6, 6.07) is 18.3. The monoisotopic (exact) mass is 1100 g/mol. The van der Waals surface area contributed by atoms with Crippen LogP contribution in [0.4, 0.5) is 0 Å². The molecule has 0 aliphatic carbocycles. The van der Waals surface area contributed by atoms with Crippen LogP contribution in [0.25, 0.3) is 12.2 Å². The van der Waals surface area contributed by atoms with E-state index in [1.807, 2.05) is 0 Å². The maximum absolute atomic E-state index is 13.9. The largest absolute Gasteiger partial charge is 0.508 e. The Balaban J connectivity index is 1.36. The number of aromatic hydroxyl groups is 2. The van der Waals surface area contributed by atoms with Gasteiger partial charge in [0.05, 0.1) is 25.4 Å². The quantitative estimate of drug-likeness (QED) is 0.0298. The summed E-state index contributed by atoms with van der Waals surface area (Å²) in [5, 5.41) is 129. The fourth-order valence-electron chi connectivity index (χ4n) is 8.66. The minimum Gasteiger partial charge on any atom is -0.508 e. The second-order valence-electron chi connectivity index (χ2n) is 18.3. The number of hydrogen-bond donors (Lipinski definition) is 12. The van der Waals surface area contributed by atoms with Crippen LogP contribution in [0.3, 0.4) is 0 Å². The van der Waals surface area contributed by atoms with E-state index >= 15 is 0 Å². The number of phenolic OH excluding ortho intramolecular Hbond substituents is 2. The minimum absolute atomic E-state index is 0.0793. The molecular formula is C51H60O27. The highest BCUT2D eigenvalue weighted by molar-refractivity contribution is 5.90. The maximum atomic E-state index is 13.9. The first-order chi connectivity index (χ1) is 37.3. The number of carbonyl (C=O) groups excluding carboxylic acids is 4. The van der Waals surface area contributed by atoms with Crippen molar-refractivity contribution in [3.05, 3.63) is 108 Å². The zero-order valence-electron chi connectivity index (χ0n) is 41.2. The lowest BCUT2D eigenvalue weighted by atomic mass is 9.95. The van der Waals surface area contributed by atoms with Gasteiger partial charge < -0.3 is 113 Å². The summed E-state index contributed by atoms with van der Waals surface area (Å²) in [6.07, 6.45) is -32.9. The van der Waals surface area contributed by atoms with Gasteiger partial charge in [0, 0.05) is 19.1 Å². The summed E-state index contributed by atoms with van der Waals surface area (Å²) in [5.41, 5.74) is 0.671. The average Bonchev–Trinajstić information content (AvgIpc) is 3.78. The molecule has 0 spiro atoms. The highest BCUT2D eigenvalue weighted by Gasteiger charge is 2.64. The van der Waals surface area contributed by atoms with Crippen LogP contribution in [-0.4, -0.2) is 234 Å².